The van der Waals surface area contributed by atoms with Crippen molar-refractivity contribution in [2.75, 3.05) is 13.6 Å². The third-order valence-electron chi connectivity index (χ3n) is 2.56. The first-order chi connectivity index (χ1) is 4.34. The minimum Gasteiger partial charge on any atom is -0.320 e. The lowest BCUT2D eigenvalue weighted by Crippen LogP contribution is -2.26. The molecular weight excluding hydrogens is 110 g/mol. The Kier molecular flexibility index (Phi) is 2.52. The van der Waals surface area contributed by atoms with Crippen molar-refractivity contribution in [2.24, 2.45) is 11.8 Å². The highest BCUT2D eigenvalue weighted by Crippen LogP contribution is 2.35. The molecule has 1 saturated carbocycles. The SMILES string of the molecule is CNCCC1CCC1C. The lowest BCUT2D eigenvalue weighted by molar-refractivity contribution is 0.183. The minimum atomic E-state index is 1.01. The van der Waals surface area contributed by atoms with Crippen molar-refractivity contribution in [1.29, 1.82) is 0 Å². The highest BCUT2D eigenvalue weighted by Gasteiger charge is 2.25. The van der Waals surface area contributed by atoms with Gasteiger partial charge in [0, 0.05) is 0 Å². The Morgan fingerprint density at radius 2 is 2.22 bits per heavy atom. The van der Waals surface area contributed by atoms with E-state index in [0.717, 1.165) is 11.8 Å². The van der Waals surface area contributed by atoms with E-state index in [1.807, 2.05) is 7.05 Å². The Hall–Kier alpha value is -0.0400. The molecule has 0 aliphatic heterocycles. The molecule has 0 heterocycles. The molecular formula is C8H17N. The lowest BCUT2D eigenvalue weighted by Gasteiger charge is -2.33. The number of rotatable bonds is 3. The Bertz CT molecular complexity index is 80.6. The molecule has 0 saturated heterocycles. The molecule has 1 aliphatic carbocycles. The van der Waals surface area contributed by atoms with Gasteiger partial charge in [-0.15, -0.1) is 0 Å². The van der Waals surface area contributed by atoms with Gasteiger partial charge < -0.3 is 5.32 Å². The first kappa shape index (κ1) is 7.07. The van der Waals surface area contributed by atoms with Gasteiger partial charge in [-0.1, -0.05) is 13.3 Å². The second-order valence-electron chi connectivity index (χ2n) is 3.21. The van der Waals surface area contributed by atoms with Crippen LogP contribution in [-0.2, 0) is 0 Å². The summed E-state index contributed by atoms with van der Waals surface area (Å²) in [6.07, 6.45) is 4.33. The Labute approximate surface area is 57.8 Å². The Morgan fingerprint density at radius 1 is 1.44 bits per heavy atom. The molecule has 1 nitrogen and oxygen atoms in total. The van der Waals surface area contributed by atoms with E-state index in [2.05, 4.69) is 12.2 Å². The Balaban J connectivity index is 1.99. The average Bonchev–Trinajstić information content (AvgIpc) is 1.86. The molecule has 1 fully saturated rings. The quantitative estimate of drug-likeness (QED) is 0.607. The molecule has 0 aromatic rings. The third kappa shape index (κ3) is 1.68. The molecule has 1 heteroatoms. The highest BCUT2D eigenvalue weighted by molar-refractivity contribution is 4.77. The summed E-state index contributed by atoms with van der Waals surface area (Å²) in [5, 5.41) is 3.19. The molecule has 0 radical (unpaired) electrons. The summed E-state index contributed by atoms with van der Waals surface area (Å²) >= 11 is 0. The fourth-order valence-corrected chi connectivity index (χ4v) is 1.49. The van der Waals surface area contributed by atoms with Gasteiger partial charge in [0.1, 0.15) is 0 Å². The monoisotopic (exact) mass is 127 g/mol. The second-order valence-corrected chi connectivity index (χ2v) is 3.21. The zero-order valence-corrected chi connectivity index (χ0v) is 6.48. The predicted octanol–water partition coefficient (Wildman–Crippen LogP) is 1.64. The molecule has 1 N–H and O–H groups in total. The van der Waals surface area contributed by atoms with Crippen LogP contribution < -0.4 is 5.32 Å². The average molecular weight is 127 g/mol. The van der Waals surface area contributed by atoms with E-state index >= 15 is 0 Å². The maximum Gasteiger partial charge on any atom is -0.00492 e. The van der Waals surface area contributed by atoms with Gasteiger partial charge in [-0.3, -0.25) is 0 Å². The maximum absolute atomic E-state index is 3.19. The van der Waals surface area contributed by atoms with Crippen molar-refractivity contribution in [3.8, 4) is 0 Å². The van der Waals surface area contributed by atoms with Gasteiger partial charge in [-0.2, -0.15) is 0 Å². The molecule has 1 aliphatic rings. The third-order valence-corrected chi connectivity index (χ3v) is 2.56. The smallest absolute Gasteiger partial charge is 0.00492 e. The van der Waals surface area contributed by atoms with Crippen LogP contribution in [0.4, 0.5) is 0 Å². The lowest BCUT2D eigenvalue weighted by atomic mass is 9.73. The fraction of sp³-hybridized carbons (Fsp3) is 1.00. The summed E-state index contributed by atoms with van der Waals surface area (Å²) < 4.78 is 0. The van der Waals surface area contributed by atoms with Gasteiger partial charge in [0.15, 0.2) is 0 Å². The van der Waals surface area contributed by atoms with Crippen LogP contribution >= 0.6 is 0 Å². The molecule has 0 aromatic heterocycles. The van der Waals surface area contributed by atoms with Crippen LogP contribution in [0.5, 0.6) is 0 Å². The standard InChI is InChI=1S/C8H17N/c1-7-3-4-8(7)5-6-9-2/h7-9H,3-6H2,1-2H3. The van der Waals surface area contributed by atoms with E-state index in [1.54, 1.807) is 0 Å². The summed E-state index contributed by atoms with van der Waals surface area (Å²) in [5.74, 6) is 2.05. The molecule has 2 unspecified atom stereocenters. The van der Waals surface area contributed by atoms with Crippen LogP contribution in [-0.4, -0.2) is 13.6 Å². The van der Waals surface area contributed by atoms with Crippen molar-refractivity contribution in [1.82, 2.24) is 5.32 Å². The van der Waals surface area contributed by atoms with E-state index in [1.165, 1.54) is 25.8 Å². The number of hydrogen-bond acceptors (Lipinski definition) is 1. The van der Waals surface area contributed by atoms with Crippen molar-refractivity contribution < 1.29 is 0 Å². The van der Waals surface area contributed by atoms with Gasteiger partial charge in [-0.25, -0.2) is 0 Å². The number of hydrogen-bond donors (Lipinski definition) is 1. The predicted molar refractivity (Wildman–Crippen MR) is 40.4 cm³/mol. The van der Waals surface area contributed by atoms with Crippen LogP contribution in [0.3, 0.4) is 0 Å². The molecule has 0 aromatic carbocycles. The van der Waals surface area contributed by atoms with Crippen molar-refractivity contribution in [2.45, 2.75) is 26.2 Å². The van der Waals surface area contributed by atoms with Crippen LogP contribution in [0.1, 0.15) is 26.2 Å². The summed E-state index contributed by atoms with van der Waals surface area (Å²) in [6.45, 7) is 3.57. The summed E-state index contributed by atoms with van der Waals surface area (Å²) in [4.78, 5) is 0. The van der Waals surface area contributed by atoms with Gasteiger partial charge in [0.25, 0.3) is 0 Å². The van der Waals surface area contributed by atoms with E-state index in [4.69, 9.17) is 0 Å². The molecule has 54 valence electrons. The van der Waals surface area contributed by atoms with Crippen LogP contribution in [0.2, 0.25) is 0 Å². The Morgan fingerprint density at radius 3 is 2.56 bits per heavy atom. The first-order valence-electron chi connectivity index (χ1n) is 3.99. The largest absolute Gasteiger partial charge is 0.320 e. The summed E-state index contributed by atoms with van der Waals surface area (Å²) in [6, 6.07) is 0. The summed E-state index contributed by atoms with van der Waals surface area (Å²) in [7, 11) is 2.03. The van der Waals surface area contributed by atoms with Gasteiger partial charge in [0.05, 0.1) is 0 Å². The van der Waals surface area contributed by atoms with Gasteiger partial charge >= 0.3 is 0 Å². The number of nitrogens with one attached hydrogen (secondary N) is 1. The van der Waals surface area contributed by atoms with Gasteiger partial charge in [-0.05, 0) is 38.3 Å². The fourth-order valence-electron chi connectivity index (χ4n) is 1.49. The second kappa shape index (κ2) is 3.21. The topological polar surface area (TPSA) is 12.0 Å². The van der Waals surface area contributed by atoms with Crippen LogP contribution in [0.15, 0.2) is 0 Å². The maximum atomic E-state index is 3.19. The summed E-state index contributed by atoms with van der Waals surface area (Å²) in [5.41, 5.74) is 0. The molecule has 2 atom stereocenters. The van der Waals surface area contributed by atoms with Gasteiger partial charge in [0.2, 0.25) is 0 Å². The van der Waals surface area contributed by atoms with Crippen molar-refractivity contribution in [3.05, 3.63) is 0 Å². The molecule has 0 bridgehead atoms. The van der Waals surface area contributed by atoms with Crippen LogP contribution in [0, 0.1) is 11.8 Å². The van der Waals surface area contributed by atoms with Crippen LogP contribution in [0.25, 0.3) is 0 Å². The normalized spacial score (nSPS) is 34.0. The molecule has 0 amide bonds. The van der Waals surface area contributed by atoms with E-state index in [9.17, 15) is 0 Å². The van der Waals surface area contributed by atoms with E-state index < -0.39 is 0 Å². The molecule has 0 spiro atoms. The minimum absolute atomic E-state index is 1.01. The highest BCUT2D eigenvalue weighted by atomic mass is 14.8. The zero-order valence-electron chi connectivity index (χ0n) is 6.48. The molecule has 1 rings (SSSR count). The van der Waals surface area contributed by atoms with E-state index in [0.29, 0.717) is 0 Å². The van der Waals surface area contributed by atoms with Crippen molar-refractivity contribution in [3.63, 3.8) is 0 Å². The van der Waals surface area contributed by atoms with E-state index in [-0.39, 0.29) is 0 Å². The molecule has 9 heavy (non-hydrogen) atoms. The first-order valence-corrected chi connectivity index (χ1v) is 3.99. The zero-order chi connectivity index (χ0) is 6.69. The van der Waals surface area contributed by atoms with Crippen molar-refractivity contribution >= 4 is 0 Å².